The lowest BCUT2D eigenvalue weighted by molar-refractivity contribution is -0.136. The first-order chi connectivity index (χ1) is 5.99. The molecule has 0 aliphatic carbocycles. The Labute approximate surface area is 77.8 Å². The third-order valence-electron chi connectivity index (χ3n) is 2.28. The van der Waals surface area contributed by atoms with E-state index in [0.717, 1.165) is 0 Å². The second-order valence-corrected chi connectivity index (χ2v) is 3.76. The zero-order valence-electron chi connectivity index (χ0n) is 8.29. The highest BCUT2D eigenvalue weighted by atomic mass is 16.6. The van der Waals surface area contributed by atoms with E-state index >= 15 is 0 Å². The summed E-state index contributed by atoms with van der Waals surface area (Å²) in [6.45, 7) is 5.89. The summed E-state index contributed by atoms with van der Waals surface area (Å²) in [6.07, 6.45) is 0.520. The molecule has 0 spiro atoms. The first-order valence-electron chi connectivity index (χ1n) is 4.49. The number of imide groups is 1. The molecule has 13 heavy (non-hydrogen) atoms. The van der Waals surface area contributed by atoms with Crippen molar-refractivity contribution in [2.45, 2.75) is 39.2 Å². The van der Waals surface area contributed by atoms with Crippen LogP contribution in [0.3, 0.4) is 0 Å². The van der Waals surface area contributed by atoms with Crippen LogP contribution in [0, 0.1) is 0 Å². The molecule has 0 aromatic rings. The smallest absolute Gasteiger partial charge is 0.417 e. The molecule has 1 saturated heterocycles. The fourth-order valence-corrected chi connectivity index (χ4v) is 1.41. The number of carbonyl (C=O) groups is 2. The van der Waals surface area contributed by atoms with Gasteiger partial charge in [0.15, 0.2) is 0 Å². The van der Waals surface area contributed by atoms with Gasteiger partial charge < -0.3 is 4.74 Å². The number of carbonyl (C=O) groups excluding carboxylic acids is 2. The van der Waals surface area contributed by atoms with Crippen LogP contribution in [0.4, 0.5) is 4.79 Å². The molecule has 0 aromatic carbocycles. The number of hydrogen-bond acceptors (Lipinski definition) is 3. The normalized spacial score (nSPS) is 21.2. The molecule has 1 aliphatic heterocycles. The van der Waals surface area contributed by atoms with E-state index < -0.39 is 11.6 Å². The van der Waals surface area contributed by atoms with Crippen LogP contribution in [-0.4, -0.2) is 29.0 Å². The maximum absolute atomic E-state index is 11.4. The van der Waals surface area contributed by atoms with Gasteiger partial charge in [-0.25, -0.2) is 9.69 Å². The lowest BCUT2D eigenvalue weighted by atomic mass is 9.97. The van der Waals surface area contributed by atoms with Crippen LogP contribution < -0.4 is 0 Å². The minimum Gasteiger partial charge on any atom is -0.449 e. The van der Waals surface area contributed by atoms with E-state index in [0.29, 0.717) is 19.4 Å². The lowest BCUT2D eigenvalue weighted by Gasteiger charge is -2.39. The van der Waals surface area contributed by atoms with Gasteiger partial charge in [-0.3, -0.25) is 4.79 Å². The number of cyclic esters (lactones) is 1. The van der Waals surface area contributed by atoms with Crippen molar-refractivity contribution in [2.24, 2.45) is 0 Å². The topological polar surface area (TPSA) is 46.6 Å². The van der Waals surface area contributed by atoms with Crippen molar-refractivity contribution in [1.29, 1.82) is 0 Å². The number of rotatable bonds is 1. The zero-order chi connectivity index (χ0) is 10.1. The van der Waals surface area contributed by atoms with Gasteiger partial charge in [-0.1, -0.05) is 6.92 Å². The minimum absolute atomic E-state index is 0.172. The molecule has 1 heterocycles. The Hall–Kier alpha value is -1.06. The first kappa shape index (κ1) is 10.0. The third-order valence-corrected chi connectivity index (χ3v) is 2.28. The van der Waals surface area contributed by atoms with Crippen LogP contribution in [0.2, 0.25) is 0 Å². The molecule has 4 heteroatoms. The van der Waals surface area contributed by atoms with Crippen LogP contribution in [0.1, 0.15) is 33.6 Å². The highest BCUT2D eigenvalue weighted by molar-refractivity contribution is 5.93. The molecule has 74 valence electrons. The molecule has 2 amide bonds. The number of ether oxygens (including phenoxy) is 1. The largest absolute Gasteiger partial charge is 0.449 e. The molecule has 0 aromatic heterocycles. The SMILES string of the molecule is CCC(=O)N1C(=O)OCCC1(C)C. The van der Waals surface area contributed by atoms with E-state index in [2.05, 4.69) is 0 Å². The fourth-order valence-electron chi connectivity index (χ4n) is 1.41. The maximum Gasteiger partial charge on any atom is 0.417 e. The van der Waals surface area contributed by atoms with Gasteiger partial charge in [-0.15, -0.1) is 0 Å². The van der Waals surface area contributed by atoms with Crippen molar-refractivity contribution in [3.05, 3.63) is 0 Å². The van der Waals surface area contributed by atoms with Crippen LogP contribution in [0.15, 0.2) is 0 Å². The minimum atomic E-state index is -0.511. The van der Waals surface area contributed by atoms with Gasteiger partial charge in [-0.05, 0) is 13.8 Å². The molecule has 1 fully saturated rings. The molecule has 0 saturated carbocycles. The van der Waals surface area contributed by atoms with Crippen LogP contribution in [0.25, 0.3) is 0 Å². The number of amides is 2. The van der Waals surface area contributed by atoms with Crippen molar-refractivity contribution in [3.8, 4) is 0 Å². The van der Waals surface area contributed by atoms with Gasteiger partial charge in [0.25, 0.3) is 0 Å². The Morgan fingerprint density at radius 1 is 1.62 bits per heavy atom. The van der Waals surface area contributed by atoms with E-state index in [4.69, 9.17) is 4.74 Å². The third kappa shape index (κ3) is 1.82. The molecule has 0 N–H and O–H groups in total. The maximum atomic E-state index is 11.4. The second kappa shape index (κ2) is 3.36. The fraction of sp³-hybridized carbons (Fsp3) is 0.778. The van der Waals surface area contributed by atoms with Crippen molar-refractivity contribution in [1.82, 2.24) is 4.90 Å². The standard InChI is InChI=1S/C9H15NO3/c1-4-7(11)10-8(12)13-6-5-9(10,2)3/h4-6H2,1-3H3. The molecular weight excluding hydrogens is 170 g/mol. The van der Waals surface area contributed by atoms with E-state index in [-0.39, 0.29) is 5.91 Å². The predicted octanol–water partition coefficient (Wildman–Crippen LogP) is 1.54. The molecule has 0 unspecified atom stereocenters. The Morgan fingerprint density at radius 2 is 2.23 bits per heavy atom. The summed E-state index contributed by atoms with van der Waals surface area (Å²) in [7, 11) is 0. The molecule has 0 atom stereocenters. The van der Waals surface area contributed by atoms with E-state index in [9.17, 15) is 9.59 Å². The summed E-state index contributed by atoms with van der Waals surface area (Å²) in [6, 6.07) is 0. The first-order valence-corrected chi connectivity index (χ1v) is 4.49. The van der Waals surface area contributed by atoms with Crippen molar-refractivity contribution < 1.29 is 14.3 Å². The Morgan fingerprint density at radius 3 is 2.69 bits per heavy atom. The van der Waals surface area contributed by atoms with Crippen LogP contribution >= 0.6 is 0 Å². The second-order valence-electron chi connectivity index (χ2n) is 3.76. The van der Waals surface area contributed by atoms with Crippen molar-refractivity contribution in [3.63, 3.8) is 0 Å². The van der Waals surface area contributed by atoms with Gasteiger partial charge in [-0.2, -0.15) is 0 Å². The summed E-state index contributed by atoms with van der Waals surface area (Å²) in [4.78, 5) is 23.9. The number of nitrogens with zero attached hydrogens (tertiary/aromatic N) is 1. The summed E-state index contributed by atoms with van der Waals surface area (Å²) in [5.74, 6) is -0.172. The van der Waals surface area contributed by atoms with E-state index in [1.54, 1.807) is 6.92 Å². The van der Waals surface area contributed by atoms with Gasteiger partial charge in [0.1, 0.15) is 0 Å². The van der Waals surface area contributed by atoms with Gasteiger partial charge in [0, 0.05) is 12.8 Å². The molecule has 1 rings (SSSR count). The van der Waals surface area contributed by atoms with Crippen LogP contribution in [-0.2, 0) is 9.53 Å². The summed E-state index contributed by atoms with van der Waals surface area (Å²) < 4.78 is 4.82. The quantitative estimate of drug-likeness (QED) is 0.622. The Balaban J connectivity index is 2.87. The van der Waals surface area contributed by atoms with E-state index in [1.165, 1.54) is 4.90 Å². The molecule has 0 radical (unpaired) electrons. The van der Waals surface area contributed by atoms with Crippen molar-refractivity contribution in [2.75, 3.05) is 6.61 Å². The molecule has 0 bridgehead atoms. The van der Waals surface area contributed by atoms with Crippen LogP contribution in [0.5, 0.6) is 0 Å². The van der Waals surface area contributed by atoms with Gasteiger partial charge >= 0.3 is 6.09 Å². The van der Waals surface area contributed by atoms with Crippen molar-refractivity contribution >= 4 is 12.0 Å². The lowest BCUT2D eigenvalue weighted by Crippen LogP contribution is -2.55. The summed E-state index contributed by atoms with van der Waals surface area (Å²) in [5.41, 5.74) is -0.400. The molecule has 1 aliphatic rings. The Bertz CT molecular complexity index is 227. The molecule has 4 nitrogen and oxygen atoms in total. The van der Waals surface area contributed by atoms with E-state index in [1.807, 2.05) is 13.8 Å². The molecular formula is C9H15NO3. The summed E-state index contributed by atoms with van der Waals surface area (Å²) in [5, 5.41) is 0. The highest BCUT2D eigenvalue weighted by Crippen LogP contribution is 2.25. The van der Waals surface area contributed by atoms with Gasteiger partial charge in [0.2, 0.25) is 5.91 Å². The highest BCUT2D eigenvalue weighted by Gasteiger charge is 2.39. The predicted molar refractivity (Wildman–Crippen MR) is 47.2 cm³/mol. The average Bonchev–Trinajstić information content (AvgIpc) is 2.02. The summed E-state index contributed by atoms with van der Waals surface area (Å²) >= 11 is 0. The zero-order valence-corrected chi connectivity index (χ0v) is 8.29. The van der Waals surface area contributed by atoms with Gasteiger partial charge in [0.05, 0.1) is 12.1 Å². The monoisotopic (exact) mass is 185 g/mol. The average molecular weight is 185 g/mol. The number of hydrogen-bond donors (Lipinski definition) is 0. The Kier molecular flexibility index (Phi) is 2.59.